The van der Waals surface area contributed by atoms with Gasteiger partial charge in [0.05, 0.1) is 0 Å². The molecule has 3 heterocycles. The van der Waals surface area contributed by atoms with E-state index >= 15 is 0 Å². The second-order valence-corrected chi connectivity index (χ2v) is 7.98. The molecule has 1 unspecified atom stereocenters. The van der Waals surface area contributed by atoms with Crippen LogP contribution in [-0.4, -0.2) is 53.6 Å². The number of fused-ring (bicyclic) bond motifs is 2. The number of hydrogen-bond donors (Lipinski definition) is 0. The molecule has 1 aromatic carbocycles. The van der Waals surface area contributed by atoms with Gasteiger partial charge in [0.25, 0.3) is 5.91 Å². The average Bonchev–Trinajstić information content (AvgIpc) is 2.87. The Labute approximate surface area is 151 Å². The molecule has 4 heteroatoms. The van der Waals surface area contributed by atoms with Crippen LogP contribution in [0.5, 0.6) is 0 Å². The van der Waals surface area contributed by atoms with Crippen LogP contribution in [0.3, 0.4) is 0 Å². The van der Waals surface area contributed by atoms with Gasteiger partial charge in [-0.15, -0.1) is 0 Å². The van der Waals surface area contributed by atoms with Crippen molar-refractivity contribution in [1.29, 1.82) is 0 Å². The second-order valence-electron chi connectivity index (χ2n) is 7.98. The van der Waals surface area contributed by atoms with Gasteiger partial charge < -0.3 is 14.5 Å². The molecule has 0 aliphatic carbocycles. The third-order valence-corrected chi connectivity index (χ3v) is 6.45. The third kappa shape index (κ3) is 3.61. The van der Waals surface area contributed by atoms with Crippen LogP contribution in [0.15, 0.2) is 30.3 Å². The Kier molecular flexibility index (Phi) is 5.09. The number of benzene rings is 1. The van der Waals surface area contributed by atoms with Crippen LogP contribution in [0.4, 0.5) is 0 Å². The summed E-state index contributed by atoms with van der Waals surface area (Å²) in [6.07, 6.45) is 7.63. The van der Waals surface area contributed by atoms with Gasteiger partial charge in [0.2, 0.25) is 0 Å². The minimum Gasteiger partial charge on any atom is -0.368 e. The predicted molar refractivity (Wildman–Crippen MR) is 98.2 cm³/mol. The van der Waals surface area contributed by atoms with E-state index in [1.807, 2.05) is 6.07 Å². The van der Waals surface area contributed by atoms with Gasteiger partial charge in [0.1, 0.15) is 6.10 Å². The molecule has 4 nitrogen and oxygen atoms in total. The van der Waals surface area contributed by atoms with E-state index in [1.165, 1.54) is 18.4 Å². The zero-order valence-corrected chi connectivity index (χ0v) is 15.3. The van der Waals surface area contributed by atoms with E-state index in [1.54, 1.807) is 0 Å². The summed E-state index contributed by atoms with van der Waals surface area (Å²) in [6, 6.07) is 12.1. The van der Waals surface area contributed by atoms with Crippen LogP contribution in [0.2, 0.25) is 0 Å². The summed E-state index contributed by atoms with van der Waals surface area (Å²) in [5.74, 6) is 0.220. The van der Waals surface area contributed by atoms with Gasteiger partial charge in [-0.3, -0.25) is 4.79 Å². The zero-order valence-electron chi connectivity index (χ0n) is 15.3. The SMILES string of the molecule is CN1[C@@H]2CC[C@H]1CC(N(Cc1ccccc1)C(=O)[C@@H]1CCCCO1)C2. The summed E-state index contributed by atoms with van der Waals surface area (Å²) in [5, 5.41) is 0. The Bertz CT molecular complexity index is 571. The molecule has 1 aromatic rings. The second kappa shape index (κ2) is 7.46. The quantitative estimate of drug-likeness (QED) is 0.842. The number of carbonyl (C=O) groups is 1. The van der Waals surface area contributed by atoms with Gasteiger partial charge in [0, 0.05) is 31.3 Å². The maximum atomic E-state index is 13.3. The number of carbonyl (C=O) groups excluding carboxylic acids is 1. The Morgan fingerprint density at radius 2 is 1.84 bits per heavy atom. The molecule has 3 fully saturated rings. The van der Waals surface area contributed by atoms with Gasteiger partial charge in [0.15, 0.2) is 0 Å². The van der Waals surface area contributed by atoms with Crippen molar-refractivity contribution in [2.75, 3.05) is 13.7 Å². The van der Waals surface area contributed by atoms with Crippen molar-refractivity contribution in [3.05, 3.63) is 35.9 Å². The fraction of sp³-hybridized carbons (Fsp3) is 0.667. The van der Waals surface area contributed by atoms with Crippen LogP contribution in [0, 0.1) is 0 Å². The summed E-state index contributed by atoms with van der Waals surface area (Å²) >= 11 is 0. The van der Waals surface area contributed by atoms with Crippen LogP contribution < -0.4 is 0 Å². The molecule has 4 rings (SSSR count). The molecule has 0 saturated carbocycles. The van der Waals surface area contributed by atoms with Crippen LogP contribution in [0.1, 0.15) is 50.5 Å². The number of rotatable bonds is 4. The highest BCUT2D eigenvalue weighted by Gasteiger charge is 2.42. The topological polar surface area (TPSA) is 32.8 Å². The van der Waals surface area contributed by atoms with Crippen molar-refractivity contribution >= 4 is 5.91 Å². The van der Waals surface area contributed by atoms with Gasteiger partial charge in [-0.25, -0.2) is 0 Å². The molecule has 0 radical (unpaired) electrons. The Morgan fingerprint density at radius 1 is 1.12 bits per heavy atom. The lowest BCUT2D eigenvalue weighted by molar-refractivity contribution is -0.151. The van der Waals surface area contributed by atoms with E-state index < -0.39 is 0 Å². The minimum atomic E-state index is -0.227. The van der Waals surface area contributed by atoms with E-state index in [0.29, 0.717) is 24.7 Å². The van der Waals surface area contributed by atoms with Gasteiger partial charge in [-0.2, -0.15) is 0 Å². The maximum Gasteiger partial charge on any atom is 0.252 e. The van der Waals surface area contributed by atoms with E-state index in [4.69, 9.17) is 4.74 Å². The van der Waals surface area contributed by atoms with Crippen molar-refractivity contribution in [2.45, 2.75) is 75.7 Å². The van der Waals surface area contributed by atoms with E-state index in [9.17, 15) is 4.79 Å². The molecule has 0 spiro atoms. The predicted octanol–water partition coefficient (Wildman–Crippen LogP) is 3.21. The fourth-order valence-corrected chi connectivity index (χ4v) is 4.92. The molecule has 0 N–H and O–H groups in total. The molecule has 3 aliphatic heterocycles. The van der Waals surface area contributed by atoms with Gasteiger partial charge in [-0.05, 0) is 57.6 Å². The highest BCUT2D eigenvalue weighted by Crippen LogP contribution is 2.37. The monoisotopic (exact) mass is 342 g/mol. The molecule has 3 aliphatic rings. The lowest BCUT2D eigenvalue weighted by Gasteiger charge is -2.43. The first kappa shape index (κ1) is 17.0. The number of piperidine rings is 1. The van der Waals surface area contributed by atoms with Crippen molar-refractivity contribution in [3.63, 3.8) is 0 Å². The molecular formula is C21H30N2O2. The molecule has 2 bridgehead atoms. The summed E-state index contributed by atoms with van der Waals surface area (Å²) in [5.41, 5.74) is 1.22. The van der Waals surface area contributed by atoms with Crippen LogP contribution >= 0.6 is 0 Å². The third-order valence-electron chi connectivity index (χ3n) is 6.45. The number of nitrogens with zero attached hydrogens (tertiary/aromatic N) is 2. The van der Waals surface area contributed by atoms with Crippen LogP contribution in [0.25, 0.3) is 0 Å². The fourth-order valence-electron chi connectivity index (χ4n) is 4.92. The summed E-state index contributed by atoms with van der Waals surface area (Å²) in [7, 11) is 2.26. The Hall–Kier alpha value is -1.39. The van der Waals surface area contributed by atoms with Crippen molar-refractivity contribution in [2.24, 2.45) is 0 Å². The lowest BCUT2D eigenvalue weighted by Crippen LogP contribution is -2.53. The molecule has 136 valence electrons. The summed E-state index contributed by atoms with van der Waals surface area (Å²) in [4.78, 5) is 18.0. The number of hydrogen-bond acceptors (Lipinski definition) is 3. The van der Waals surface area contributed by atoms with Crippen molar-refractivity contribution < 1.29 is 9.53 Å². The Balaban J connectivity index is 1.54. The first-order chi connectivity index (χ1) is 12.2. The van der Waals surface area contributed by atoms with Crippen molar-refractivity contribution in [1.82, 2.24) is 9.80 Å². The molecule has 0 aromatic heterocycles. The molecule has 25 heavy (non-hydrogen) atoms. The van der Waals surface area contributed by atoms with Crippen molar-refractivity contribution in [3.8, 4) is 0 Å². The normalized spacial score (nSPS) is 32.5. The first-order valence-corrected chi connectivity index (χ1v) is 9.90. The molecule has 1 amide bonds. The standard InChI is InChI=1S/C21H30N2O2/c1-22-17-10-11-18(22)14-19(13-17)23(15-16-7-3-2-4-8-16)21(24)20-9-5-6-12-25-20/h2-4,7-8,17-20H,5-6,9-15H2,1H3/t17-,18+,19?,20-/m0/s1. The highest BCUT2D eigenvalue weighted by atomic mass is 16.5. The molecule has 4 atom stereocenters. The average molecular weight is 342 g/mol. The maximum absolute atomic E-state index is 13.3. The van der Waals surface area contributed by atoms with Gasteiger partial charge >= 0.3 is 0 Å². The lowest BCUT2D eigenvalue weighted by atomic mass is 9.95. The van der Waals surface area contributed by atoms with Gasteiger partial charge in [-0.1, -0.05) is 30.3 Å². The first-order valence-electron chi connectivity index (χ1n) is 9.90. The Morgan fingerprint density at radius 3 is 2.48 bits per heavy atom. The minimum absolute atomic E-state index is 0.220. The molecular weight excluding hydrogens is 312 g/mol. The molecule has 3 saturated heterocycles. The summed E-state index contributed by atoms with van der Waals surface area (Å²) < 4.78 is 5.84. The zero-order chi connectivity index (χ0) is 17.2. The smallest absolute Gasteiger partial charge is 0.252 e. The number of ether oxygens (including phenoxy) is 1. The van der Waals surface area contributed by atoms with E-state index in [2.05, 4.69) is 41.1 Å². The van der Waals surface area contributed by atoms with Crippen LogP contribution in [-0.2, 0) is 16.1 Å². The van der Waals surface area contributed by atoms with E-state index in [-0.39, 0.29) is 12.0 Å². The van der Waals surface area contributed by atoms with E-state index in [0.717, 1.165) is 38.7 Å². The number of amides is 1. The largest absolute Gasteiger partial charge is 0.368 e. The highest BCUT2D eigenvalue weighted by molar-refractivity contribution is 5.81. The summed E-state index contributed by atoms with van der Waals surface area (Å²) in [6.45, 7) is 1.45.